The Bertz CT molecular complexity index is 1530. The van der Waals surface area contributed by atoms with Gasteiger partial charge in [-0.2, -0.15) is 10.4 Å². The topological polar surface area (TPSA) is 114 Å². The molecule has 0 spiro atoms. The molecule has 0 saturated carbocycles. The average molecular weight is 502 g/mol. The lowest BCUT2D eigenvalue weighted by Crippen LogP contribution is -2.13. The third-order valence-electron chi connectivity index (χ3n) is 5.16. The Morgan fingerprint density at radius 3 is 2.64 bits per heavy atom. The van der Waals surface area contributed by atoms with Gasteiger partial charge in [-0.3, -0.25) is 19.6 Å². The highest BCUT2D eigenvalue weighted by atomic mass is 35.5. The maximum Gasteiger partial charge on any atom is 0.271 e. The van der Waals surface area contributed by atoms with Gasteiger partial charge in [-0.25, -0.2) is 4.39 Å². The Kier molecular flexibility index (Phi) is 7.18. The average Bonchev–Trinajstić information content (AvgIpc) is 3.27. The number of aromatic nitrogens is 2. The summed E-state index contributed by atoms with van der Waals surface area (Å²) in [7, 11) is 0. The zero-order chi connectivity index (χ0) is 25.7. The quantitative estimate of drug-likeness (QED) is 0.148. The van der Waals surface area contributed by atoms with Gasteiger partial charge >= 0.3 is 0 Å². The standard InChI is InChI=1S/C26H17ClFN5O3/c27-24-12-21(28)10-9-18(24)15-32-16-20(25(31-32)17-5-2-1-3-6-17)11-19(14-29)26(34)30-22-7-4-8-23(13-22)33(35)36/h1-13,16H,15H2,(H,30,34)/b19-11+. The van der Waals surface area contributed by atoms with Crippen LogP contribution in [0.3, 0.4) is 0 Å². The summed E-state index contributed by atoms with van der Waals surface area (Å²) in [6.45, 7) is 0.231. The predicted molar refractivity (Wildman–Crippen MR) is 133 cm³/mol. The van der Waals surface area contributed by atoms with E-state index in [1.165, 1.54) is 42.5 Å². The van der Waals surface area contributed by atoms with Crippen molar-refractivity contribution in [2.24, 2.45) is 0 Å². The van der Waals surface area contributed by atoms with Gasteiger partial charge in [0.2, 0.25) is 0 Å². The lowest BCUT2D eigenvalue weighted by molar-refractivity contribution is -0.384. The van der Waals surface area contributed by atoms with E-state index in [1.54, 1.807) is 16.9 Å². The molecule has 0 aliphatic rings. The summed E-state index contributed by atoms with van der Waals surface area (Å²) >= 11 is 6.17. The van der Waals surface area contributed by atoms with Gasteiger partial charge < -0.3 is 5.32 Å². The number of nitrogens with zero attached hydrogens (tertiary/aromatic N) is 4. The Labute approximate surface area is 210 Å². The van der Waals surface area contributed by atoms with E-state index < -0.39 is 16.6 Å². The van der Waals surface area contributed by atoms with E-state index in [1.807, 2.05) is 36.4 Å². The first-order valence-corrected chi connectivity index (χ1v) is 11.0. The van der Waals surface area contributed by atoms with Crippen LogP contribution in [0.5, 0.6) is 0 Å². The van der Waals surface area contributed by atoms with Crippen LogP contribution in [-0.4, -0.2) is 20.6 Å². The van der Waals surface area contributed by atoms with Crippen LogP contribution < -0.4 is 5.32 Å². The second-order valence-corrected chi connectivity index (χ2v) is 8.07. The van der Waals surface area contributed by atoms with E-state index in [4.69, 9.17) is 11.6 Å². The van der Waals surface area contributed by atoms with Crippen molar-refractivity contribution < 1.29 is 14.1 Å². The van der Waals surface area contributed by atoms with E-state index in [9.17, 15) is 24.6 Å². The molecule has 0 fully saturated rings. The monoisotopic (exact) mass is 501 g/mol. The minimum absolute atomic E-state index is 0.181. The number of halogens is 2. The number of nitriles is 1. The van der Waals surface area contributed by atoms with Gasteiger partial charge in [-0.05, 0) is 29.8 Å². The molecule has 36 heavy (non-hydrogen) atoms. The lowest BCUT2D eigenvalue weighted by atomic mass is 10.1. The molecule has 178 valence electrons. The molecular formula is C26H17ClFN5O3. The highest BCUT2D eigenvalue weighted by Crippen LogP contribution is 2.26. The Morgan fingerprint density at radius 1 is 1.17 bits per heavy atom. The van der Waals surface area contributed by atoms with Gasteiger partial charge in [-0.1, -0.05) is 54.1 Å². The van der Waals surface area contributed by atoms with Gasteiger partial charge in [0.05, 0.1) is 17.2 Å². The SMILES string of the molecule is N#C/C(=C\c1cn(Cc2ccc(F)cc2Cl)nc1-c1ccccc1)C(=O)Nc1cccc([N+](=O)[O-])c1. The third kappa shape index (κ3) is 5.63. The van der Waals surface area contributed by atoms with E-state index in [2.05, 4.69) is 10.4 Å². The van der Waals surface area contributed by atoms with Crippen molar-refractivity contribution in [2.45, 2.75) is 6.54 Å². The van der Waals surface area contributed by atoms with Crippen LogP contribution in [0.15, 0.2) is 84.6 Å². The number of nitro groups is 1. The highest BCUT2D eigenvalue weighted by molar-refractivity contribution is 6.31. The number of nitro benzene ring substituents is 1. The molecule has 1 heterocycles. The summed E-state index contributed by atoms with van der Waals surface area (Å²) in [6, 6.07) is 20.6. The number of rotatable bonds is 7. The summed E-state index contributed by atoms with van der Waals surface area (Å²) in [6.07, 6.45) is 3.05. The number of carbonyl (C=O) groups excluding carboxylic acids is 1. The molecule has 0 unspecified atom stereocenters. The largest absolute Gasteiger partial charge is 0.321 e. The van der Waals surface area contributed by atoms with Crippen LogP contribution in [0.4, 0.5) is 15.8 Å². The van der Waals surface area contributed by atoms with E-state index in [-0.39, 0.29) is 28.5 Å². The molecule has 4 rings (SSSR count). The van der Waals surface area contributed by atoms with Crippen molar-refractivity contribution in [1.82, 2.24) is 9.78 Å². The molecule has 0 bridgehead atoms. The third-order valence-corrected chi connectivity index (χ3v) is 5.52. The van der Waals surface area contributed by atoms with Crippen LogP contribution in [0.1, 0.15) is 11.1 Å². The van der Waals surface area contributed by atoms with Crippen LogP contribution in [0, 0.1) is 27.3 Å². The summed E-state index contributed by atoms with van der Waals surface area (Å²) in [5.74, 6) is -1.18. The summed E-state index contributed by atoms with van der Waals surface area (Å²) in [4.78, 5) is 23.2. The molecule has 0 atom stereocenters. The van der Waals surface area contributed by atoms with Crippen LogP contribution in [-0.2, 0) is 11.3 Å². The first-order valence-electron chi connectivity index (χ1n) is 10.6. The first kappa shape index (κ1) is 24.3. The van der Waals surface area contributed by atoms with E-state index >= 15 is 0 Å². The number of nitrogens with one attached hydrogen (secondary N) is 1. The van der Waals surface area contributed by atoms with Crippen molar-refractivity contribution in [1.29, 1.82) is 5.26 Å². The maximum atomic E-state index is 13.4. The fraction of sp³-hybridized carbons (Fsp3) is 0.0385. The van der Waals surface area contributed by atoms with Crippen LogP contribution in [0.2, 0.25) is 5.02 Å². The summed E-state index contributed by atoms with van der Waals surface area (Å²) in [5.41, 5.74) is 2.17. The number of amides is 1. The molecule has 8 nitrogen and oxygen atoms in total. The van der Waals surface area contributed by atoms with Gasteiger partial charge in [-0.15, -0.1) is 0 Å². The Balaban J connectivity index is 1.69. The van der Waals surface area contributed by atoms with Crippen molar-refractivity contribution in [3.8, 4) is 17.3 Å². The zero-order valence-corrected chi connectivity index (χ0v) is 19.3. The molecule has 0 radical (unpaired) electrons. The fourth-order valence-electron chi connectivity index (χ4n) is 3.47. The van der Waals surface area contributed by atoms with Crippen molar-refractivity contribution in [2.75, 3.05) is 5.32 Å². The Hall–Kier alpha value is -4.81. The molecule has 1 N–H and O–H groups in total. The van der Waals surface area contributed by atoms with Crippen molar-refractivity contribution in [3.63, 3.8) is 0 Å². The fourth-order valence-corrected chi connectivity index (χ4v) is 3.69. The van der Waals surface area contributed by atoms with Gasteiger partial charge in [0.15, 0.2) is 0 Å². The molecule has 0 aliphatic carbocycles. The number of carbonyl (C=O) groups is 1. The van der Waals surface area contributed by atoms with Crippen LogP contribution in [0.25, 0.3) is 17.3 Å². The van der Waals surface area contributed by atoms with E-state index in [0.717, 1.165) is 5.56 Å². The van der Waals surface area contributed by atoms with E-state index in [0.29, 0.717) is 16.8 Å². The summed E-state index contributed by atoms with van der Waals surface area (Å²) < 4.78 is 15.0. The summed E-state index contributed by atoms with van der Waals surface area (Å²) in [5, 5.41) is 28.0. The molecule has 0 saturated heterocycles. The molecular weight excluding hydrogens is 485 g/mol. The number of non-ortho nitro benzene ring substituents is 1. The lowest BCUT2D eigenvalue weighted by Gasteiger charge is -2.04. The molecule has 3 aromatic carbocycles. The van der Waals surface area contributed by atoms with Gasteiger partial charge in [0, 0.05) is 40.2 Å². The van der Waals surface area contributed by atoms with Crippen molar-refractivity contribution >= 4 is 35.0 Å². The molecule has 1 amide bonds. The van der Waals surface area contributed by atoms with Crippen LogP contribution >= 0.6 is 11.6 Å². The predicted octanol–water partition coefficient (Wildman–Crippen LogP) is 5.84. The molecule has 0 aliphatic heterocycles. The zero-order valence-electron chi connectivity index (χ0n) is 18.6. The number of benzene rings is 3. The van der Waals surface area contributed by atoms with Gasteiger partial charge in [0.25, 0.3) is 11.6 Å². The second-order valence-electron chi connectivity index (χ2n) is 7.66. The molecule has 4 aromatic rings. The molecule has 10 heteroatoms. The second kappa shape index (κ2) is 10.6. The minimum Gasteiger partial charge on any atom is -0.321 e. The van der Waals surface area contributed by atoms with Crippen molar-refractivity contribution in [3.05, 3.63) is 117 Å². The highest BCUT2D eigenvalue weighted by Gasteiger charge is 2.16. The number of anilines is 1. The number of hydrogen-bond donors (Lipinski definition) is 1. The first-order chi connectivity index (χ1) is 17.3. The maximum absolute atomic E-state index is 13.4. The number of hydrogen-bond acceptors (Lipinski definition) is 5. The molecule has 1 aromatic heterocycles. The normalized spacial score (nSPS) is 11.1. The smallest absolute Gasteiger partial charge is 0.271 e. The Morgan fingerprint density at radius 2 is 1.94 bits per heavy atom. The minimum atomic E-state index is -0.730. The van der Waals surface area contributed by atoms with Gasteiger partial charge in [0.1, 0.15) is 17.5 Å².